The highest BCUT2D eigenvalue weighted by atomic mass is 32.2. The molecule has 0 spiro atoms. The summed E-state index contributed by atoms with van der Waals surface area (Å²) in [5, 5.41) is 0.692. The molecule has 80 valence electrons. The minimum Gasteiger partial charge on any atom is -0.466 e. The van der Waals surface area contributed by atoms with Gasteiger partial charge in [0.15, 0.2) is 0 Å². The fourth-order valence-corrected chi connectivity index (χ4v) is 2.49. The Morgan fingerprint density at radius 1 is 1.57 bits per heavy atom. The molecule has 2 nitrogen and oxygen atoms in total. The van der Waals surface area contributed by atoms with Crippen molar-refractivity contribution in [3.8, 4) is 0 Å². The summed E-state index contributed by atoms with van der Waals surface area (Å²) in [6, 6.07) is 0. The van der Waals surface area contributed by atoms with Crippen LogP contribution in [0.3, 0.4) is 0 Å². The Hall–Kier alpha value is -0.440. The number of hydrogen-bond donors (Lipinski definition) is 0. The van der Waals surface area contributed by atoms with E-state index in [1.54, 1.807) is 0 Å². The molecule has 0 N–H and O–H groups in total. The highest BCUT2D eigenvalue weighted by Crippen LogP contribution is 2.24. The van der Waals surface area contributed by atoms with Crippen LogP contribution in [0.25, 0.3) is 0 Å². The van der Waals surface area contributed by atoms with Crippen molar-refractivity contribution in [3.05, 3.63) is 12.2 Å². The predicted octanol–water partition coefficient (Wildman–Crippen LogP) is 2.78. The highest BCUT2D eigenvalue weighted by Gasteiger charge is 2.09. The molecule has 1 unspecified atom stereocenters. The molecular weight excluding hydrogens is 196 g/mol. The molecule has 1 aliphatic rings. The minimum absolute atomic E-state index is 0.0536. The third-order valence-electron chi connectivity index (χ3n) is 2.18. The molecule has 0 radical (unpaired) electrons. The molecular formula is C11H18O2S. The van der Waals surface area contributed by atoms with Gasteiger partial charge in [-0.3, -0.25) is 4.79 Å². The molecule has 1 rings (SSSR count). The standard InChI is InChI=1S/C11H18O2S/c1-2-13-11(12)8-4-3-6-10-7-5-9-14-10/h5,7,10H,2-4,6,8-9H2,1H3. The lowest BCUT2D eigenvalue weighted by Gasteiger charge is -2.06. The van der Waals surface area contributed by atoms with Gasteiger partial charge < -0.3 is 4.74 Å². The second-order valence-corrected chi connectivity index (χ2v) is 4.62. The largest absolute Gasteiger partial charge is 0.466 e. The fourth-order valence-electron chi connectivity index (χ4n) is 1.47. The van der Waals surface area contributed by atoms with Crippen LogP contribution in [0.2, 0.25) is 0 Å². The van der Waals surface area contributed by atoms with E-state index < -0.39 is 0 Å². The summed E-state index contributed by atoms with van der Waals surface area (Å²) >= 11 is 1.98. The topological polar surface area (TPSA) is 26.3 Å². The highest BCUT2D eigenvalue weighted by molar-refractivity contribution is 8.00. The second kappa shape index (κ2) is 6.93. The number of hydrogen-bond acceptors (Lipinski definition) is 3. The van der Waals surface area contributed by atoms with Crippen molar-refractivity contribution in [3.63, 3.8) is 0 Å². The first-order valence-corrected chi connectivity index (χ1v) is 6.31. The van der Waals surface area contributed by atoms with Crippen molar-refractivity contribution in [2.24, 2.45) is 0 Å². The minimum atomic E-state index is -0.0536. The molecule has 0 saturated heterocycles. The fraction of sp³-hybridized carbons (Fsp3) is 0.727. The van der Waals surface area contributed by atoms with Gasteiger partial charge in [-0.1, -0.05) is 18.6 Å². The van der Waals surface area contributed by atoms with Gasteiger partial charge >= 0.3 is 5.97 Å². The van der Waals surface area contributed by atoms with Gasteiger partial charge in [-0.2, -0.15) is 11.8 Å². The lowest BCUT2D eigenvalue weighted by Crippen LogP contribution is -2.04. The van der Waals surface area contributed by atoms with Crippen molar-refractivity contribution in [1.29, 1.82) is 0 Å². The lowest BCUT2D eigenvalue weighted by molar-refractivity contribution is -0.143. The monoisotopic (exact) mass is 214 g/mol. The van der Waals surface area contributed by atoms with Gasteiger partial charge in [0.05, 0.1) is 6.61 Å². The Balaban J connectivity index is 1.93. The van der Waals surface area contributed by atoms with Crippen LogP contribution in [0.4, 0.5) is 0 Å². The Morgan fingerprint density at radius 2 is 2.43 bits per heavy atom. The van der Waals surface area contributed by atoms with Crippen LogP contribution in [-0.4, -0.2) is 23.6 Å². The number of carbonyl (C=O) groups excluding carboxylic acids is 1. The molecule has 0 aliphatic carbocycles. The summed E-state index contributed by atoms with van der Waals surface area (Å²) < 4.78 is 4.86. The predicted molar refractivity (Wildman–Crippen MR) is 60.5 cm³/mol. The van der Waals surface area contributed by atoms with E-state index in [9.17, 15) is 4.79 Å². The molecule has 0 saturated carbocycles. The van der Waals surface area contributed by atoms with Crippen molar-refractivity contribution in [2.45, 2.75) is 37.9 Å². The van der Waals surface area contributed by atoms with Gasteiger partial charge in [0.2, 0.25) is 0 Å². The summed E-state index contributed by atoms with van der Waals surface area (Å²) in [5.41, 5.74) is 0. The number of esters is 1. The number of ether oxygens (including phenoxy) is 1. The van der Waals surface area contributed by atoms with Crippen LogP contribution in [0, 0.1) is 0 Å². The summed E-state index contributed by atoms with van der Waals surface area (Å²) in [6.07, 6.45) is 8.36. The SMILES string of the molecule is CCOC(=O)CCCCC1C=CCS1. The quantitative estimate of drug-likeness (QED) is 0.386. The second-order valence-electron chi connectivity index (χ2n) is 3.35. The van der Waals surface area contributed by atoms with Crippen molar-refractivity contribution >= 4 is 17.7 Å². The molecule has 0 bridgehead atoms. The van der Waals surface area contributed by atoms with Crippen LogP contribution in [0.5, 0.6) is 0 Å². The third kappa shape index (κ3) is 4.70. The van der Waals surface area contributed by atoms with Gasteiger partial charge in [-0.25, -0.2) is 0 Å². The van der Waals surface area contributed by atoms with Crippen molar-refractivity contribution in [2.75, 3.05) is 12.4 Å². The summed E-state index contributed by atoms with van der Waals surface area (Å²) in [5.74, 6) is 1.10. The molecule has 3 heteroatoms. The maximum absolute atomic E-state index is 11.0. The molecule has 1 atom stereocenters. The molecule has 14 heavy (non-hydrogen) atoms. The van der Waals surface area contributed by atoms with Crippen LogP contribution in [-0.2, 0) is 9.53 Å². The maximum atomic E-state index is 11.0. The first kappa shape index (κ1) is 11.6. The molecule has 0 aromatic carbocycles. The zero-order valence-electron chi connectivity index (χ0n) is 8.70. The number of unbranched alkanes of at least 4 members (excludes halogenated alkanes) is 1. The third-order valence-corrected chi connectivity index (χ3v) is 3.39. The first-order chi connectivity index (χ1) is 6.83. The van der Waals surface area contributed by atoms with Gasteiger partial charge in [0, 0.05) is 17.4 Å². The molecule has 1 aliphatic heterocycles. The van der Waals surface area contributed by atoms with Crippen LogP contribution in [0.15, 0.2) is 12.2 Å². The molecule has 1 heterocycles. The summed E-state index contributed by atoms with van der Waals surface area (Å²) in [4.78, 5) is 11.0. The van der Waals surface area contributed by atoms with Gasteiger partial charge in [0.1, 0.15) is 0 Å². The van der Waals surface area contributed by atoms with E-state index >= 15 is 0 Å². The zero-order chi connectivity index (χ0) is 10.2. The van der Waals surface area contributed by atoms with E-state index in [1.807, 2.05) is 18.7 Å². The van der Waals surface area contributed by atoms with E-state index in [2.05, 4.69) is 12.2 Å². The van der Waals surface area contributed by atoms with E-state index in [-0.39, 0.29) is 5.97 Å². The van der Waals surface area contributed by atoms with Crippen LogP contribution >= 0.6 is 11.8 Å². The van der Waals surface area contributed by atoms with Crippen molar-refractivity contribution in [1.82, 2.24) is 0 Å². The zero-order valence-corrected chi connectivity index (χ0v) is 9.52. The Morgan fingerprint density at radius 3 is 3.07 bits per heavy atom. The normalized spacial score (nSPS) is 19.9. The van der Waals surface area contributed by atoms with Gasteiger partial charge in [-0.15, -0.1) is 0 Å². The molecule has 0 amide bonds. The van der Waals surface area contributed by atoms with Crippen LogP contribution in [0.1, 0.15) is 32.6 Å². The van der Waals surface area contributed by atoms with Gasteiger partial charge in [0.25, 0.3) is 0 Å². The average Bonchev–Trinajstić information content (AvgIpc) is 2.65. The first-order valence-electron chi connectivity index (χ1n) is 5.27. The molecule has 0 aromatic rings. The molecule has 0 fully saturated rings. The van der Waals surface area contributed by atoms with Crippen molar-refractivity contribution < 1.29 is 9.53 Å². The van der Waals surface area contributed by atoms with Gasteiger partial charge in [-0.05, 0) is 19.8 Å². The number of thioether (sulfide) groups is 1. The van der Waals surface area contributed by atoms with Crippen LogP contribution < -0.4 is 0 Å². The van der Waals surface area contributed by atoms with E-state index in [1.165, 1.54) is 6.42 Å². The van der Waals surface area contributed by atoms with E-state index in [4.69, 9.17) is 4.74 Å². The number of rotatable bonds is 6. The lowest BCUT2D eigenvalue weighted by atomic mass is 10.1. The van der Waals surface area contributed by atoms with E-state index in [0.717, 1.165) is 18.6 Å². The Kier molecular flexibility index (Phi) is 5.76. The smallest absolute Gasteiger partial charge is 0.305 e. The average molecular weight is 214 g/mol. The summed E-state index contributed by atoms with van der Waals surface area (Å²) in [6.45, 7) is 2.35. The molecule has 0 aromatic heterocycles. The Bertz CT molecular complexity index is 201. The summed E-state index contributed by atoms with van der Waals surface area (Å²) in [7, 11) is 0. The number of carbonyl (C=O) groups is 1. The van der Waals surface area contributed by atoms with E-state index in [0.29, 0.717) is 18.3 Å². The maximum Gasteiger partial charge on any atom is 0.305 e. The Labute approximate surface area is 90.1 Å².